The molecule has 0 aliphatic carbocycles. The van der Waals surface area contributed by atoms with Crippen LogP contribution >= 0.6 is 34.7 Å². The average molecular weight is 351 g/mol. The quantitative estimate of drug-likeness (QED) is 0.571. The zero-order valence-electron chi connectivity index (χ0n) is 11.5. The van der Waals surface area contributed by atoms with Crippen molar-refractivity contribution in [3.8, 4) is 0 Å². The van der Waals surface area contributed by atoms with E-state index in [0.29, 0.717) is 10.8 Å². The molecule has 0 fully saturated rings. The van der Waals surface area contributed by atoms with Crippen LogP contribution in [-0.2, 0) is 4.79 Å². The minimum atomic E-state index is -0.310. The van der Waals surface area contributed by atoms with Crippen LogP contribution in [0.25, 0.3) is 10.2 Å². The van der Waals surface area contributed by atoms with Crippen molar-refractivity contribution in [2.24, 2.45) is 0 Å². The Kier molecular flexibility index (Phi) is 4.56. The van der Waals surface area contributed by atoms with Crippen LogP contribution in [0, 0.1) is 0 Å². The number of thioether (sulfide) groups is 1. The van der Waals surface area contributed by atoms with Crippen molar-refractivity contribution in [2.75, 3.05) is 5.32 Å². The first-order valence-corrected chi connectivity index (χ1v) is 8.54. The van der Waals surface area contributed by atoms with E-state index >= 15 is 0 Å². The molecule has 0 unspecified atom stereocenters. The van der Waals surface area contributed by atoms with Gasteiger partial charge in [-0.05, 0) is 30.5 Å². The number of rotatable bonds is 4. The molecule has 3 heterocycles. The van der Waals surface area contributed by atoms with Gasteiger partial charge < -0.3 is 5.32 Å². The zero-order chi connectivity index (χ0) is 15.5. The second kappa shape index (κ2) is 6.60. The van der Waals surface area contributed by atoms with Crippen molar-refractivity contribution < 1.29 is 4.79 Å². The Morgan fingerprint density at radius 2 is 2.18 bits per heavy atom. The van der Waals surface area contributed by atoms with E-state index in [1.807, 2.05) is 18.4 Å². The molecule has 1 atom stereocenters. The van der Waals surface area contributed by atoms with E-state index in [1.165, 1.54) is 24.3 Å². The molecule has 0 aromatic carbocycles. The van der Waals surface area contributed by atoms with Gasteiger partial charge >= 0.3 is 0 Å². The van der Waals surface area contributed by atoms with Crippen molar-refractivity contribution in [1.82, 2.24) is 15.0 Å². The molecule has 3 rings (SSSR count). The van der Waals surface area contributed by atoms with Gasteiger partial charge in [-0.15, -0.1) is 11.3 Å². The van der Waals surface area contributed by atoms with E-state index in [-0.39, 0.29) is 11.2 Å². The summed E-state index contributed by atoms with van der Waals surface area (Å²) < 4.78 is 0. The van der Waals surface area contributed by atoms with E-state index in [0.717, 1.165) is 15.2 Å². The van der Waals surface area contributed by atoms with Crippen LogP contribution in [0.4, 0.5) is 5.82 Å². The fourth-order valence-electron chi connectivity index (χ4n) is 1.76. The number of nitrogens with zero attached hydrogens (tertiary/aromatic N) is 3. The summed E-state index contributed by atoms with van der Waals surface area (Å²) in [5, 5.41) is 6.72. The largest absolute Gasteiger partial charge is 0.310 e. The third-order valence-electron chi connectivity index (χ3n) is 2.86. The molecule has 0 radical (unpaired) electrons. The normalized spacial score (nSPS) is 12.3. The average Bonchev–Trinajstić information content (AvgIpc) is 2.99. The number of anilines is 1. The van der Waals surface area contributed by atoms with Crippen LogP contribution in [0.1, 0.15) is 6.92 Å². The third-order valence-corrected chi connectivity index (χ3v) is 5.02. The Balaban J connectivity index is 1.71. The highest BCUT2D eigenvalue weighted by molar-refractivity contribution is 8.00. The highest BCUT2D eigenvalue weighted by Crippen LogP contribution is 2.30. The first kappa shape index (κ1) is 15.2. The van der Waals surface area contributed by atoms with Crippen LogP contribution < -0.4 is 5.32 Å². The number of nitrogens with one attached hydrogen (secondary N) is 1. The highest BCUT2D eigenvalue weighted by Gasteiger charge is 2.17. The SMILES string of the molecule is C[C@H](Sc1ncnc2sccc12)C(=O)Nc1ccc(Cl)cn1. The summed E-state index contributed by atoms with van der Waals surface area (Å²) in [6.07, 6.45) is 3.01. The molecule has 0 saturated heterocycles. The minimum absolute atomic E-state index is 0.137. The number of amides is 1. The molecule has 0 aliphatic heterocycles. The summed E-state index contributed by atoms with van der Waals surface area (Å²) in [6, 6.07) is 5.31. The second-order valence-corrected chi connectivity index (χ2v) is 7.09. The summed E-state index contributed by atoms with van der Waals surface area (Å²) >= 11 is 8.72. The molecule has 0 saturated carbocycles. The standard InChI is InChI=1S/C14H11ClN4OS2/c1-8(12(20)19-11-3-2-9(15)6-16-11)22-14-10-4-5-21-13(10)17-7-18-14/h2-8H,1H3,(H,16,19,20)/t8-/m0/s1. The monoisotopic (exact) mass is 350 g/mol. The van der Waals surface area contributed by atoms with Crippen LogP contribution in [0.2, 0.25) is 5.02 Å². The Labute approximate surface area is 140 Å². The molecule has 22 heavy (non-hydrogen) atoms. The Bertz CT molecular complexity index is 806. The molecule has 0 bridgehead atoms. The van der Waals surface area contributed by atoms with Gasteiger partial charge in [0.1, 0.15) is 22.0 Å². The zero-order valence-corrected chi connectivity index (χ0v) is 13.9. The Morgan fingerprint density at radius 3 is 2.95 bits per heavy atom. The number of hydrogen-bond acceptors (Lipinski definition) is 6. The maximum absolute atomic E-state index is 12.2. The topological polar surface area (TPSA) is 67.8 Å². The molecule has 0 spiro atoms. The van der Waals surface area contributed by atoms with Gasteiger partial charge in [0.2, 0.25) is 5.91 Å². The summed E-state index contributed by atoms with van der Waals surface area (Å²) in [5.41, 5.74) is 0. The van der Waals surface area contributed by atoms with E-state index in [9.17, 15) is 4.79 Å². The first-order valence-electron chi connectivity index (χ1n) is 6.41. The van der Waals surface area contributed by atoms with Gasteiger partial charge in [0.25, 0.3) is 0 Å². The maximum atomic E-state index is 12.2. The Hall–Kier alpha value is -1.70. The lowest BCUT2D eigenvalue weighted by molar-refractivity contribution is -0.115. The number of hydrogen-bond donors (Lipinski definition) is 1. The summed E-state index contributed by atoms with van der Waals surface area (Å²) in [4.78, 5) is 25.7. The fraction of sp³-hybridized carbons (Fsp3) is 0.143. The smallest absolute Gasteiger partial charge is 0.238 e. The molecule has 112 valence electrons. The molecular formula is C14H11ClN4OS2. The second-order valence-electron chi connectivity index (χ2n) is 4.43. The lowest BCUT2D eigenvalue weighted by Crippen LogP contribution is -2.23. The van der Waals surface area contributed by atoms with Crippen molar-refractivity contribution in [2.45, 2.75) is 17.2 Å². The van der Waals surface area contributed by atoms with Crippen molar-refractivity contribution in [1.29, 1.82) is 0 Å². The highest BCUT2D eigenvalue weighted by atomic mass is 35.5. The van der Waals surface area contributed by atoms with E-state index in [1.54, 1.807) is 23.5 Å². The van der Waals surface area contributed by atoms with Crippen LogP contribution in [0.3, 0.4) is 0 Å². The van der Waals surface area contributed by atoms with Gasteiger partial charge in [-0.25, -0.2) is 15.0 Å². The van der Waals surface area contributed by atoms with Crippen molar-refractivity contribution in [3.63, 3.8) is 0 Å². The van der Waals surface area contributed by atoms with Gasteiger partial charge in [-0.2, -0.15) is 0 Å². The molecular weight excluding hydrogens is 340 g/mol. The lowest BCUT2D eigenvalue weighted by Gasteiger charge is -2.11. The molecule has 3 aromatic heterocycles. The molecule has 1 amide bonds. The van der Waals surface area contributed by atoms with Crippen LogP contribution in [0.15, 0.2) is 41.1 Å². The van der Waals surface area contributed by atoms with Crippen LogP contribution in [0.5, 0.6) is 0 Å². The first-order chi connectivity index (χ1) is 10.6. The third kappa shape index (κ3) is 3.37. The van der Waals surface area contributed by atoms with Gasteiger partial charge in [0.05, 0.1) is 10.3 Å². The maximum Gasteiger partial charge on any atom is 0.238 e. The fourth-order valence-corrected chi connectivity index (χ4v) is 3.57. The van der Waals surface area contributed by atoms with E-state index in [4.69, 9.17) is 11.6 Å². The van der Waals surface area contributed by atoms with Crippen molar-refractivity contribution in [3.05, 3.63) is 41.1 Å². The Morgan fingerprint density at radius 1 is 1.32 bits per heavy atom. The number of fused-ring (bicyclic) bond motifs is 1. The van der Waals surface area contributed by atoms with Gasteiger partial charge in [-0.3, -0.25) is 4.79 Å². The molecule has 1 N–H and O–H groups in total. The van der Waals surface area contributed by atoms with Gasteiger partial charge in [0.15, 0.2) is 0 Å². The number of thiophene rings is 1. The number of carbonyl (C=O) groups is 1. The van der Waals surface area contributed by atoms with Gasteiger partial charge in [0, 0.05) is 11.6 Å². The molecule has 8 heteroatoms. The number of pyridine rings is 1. The number of aromatic nitrogens is 3. The minimum Gasteiger partial charge on any atom is -0.310 e. The van der Waals surface area contributed by atoms with Crippen LogP contribution in [-0.4, -0.2) is 26.1 Å². The molecule has 5 nitrogen and oxygen atoms in total. The van der Waals surface area contributed by atoms with Crippen molar-refractivity contribution >= 4 is 56.6 Å². The summed E-state index contributed by atoms with van der Waals surface area (Å²) in [5.74, 6) is 0.340. The molecule has 0 aliphatic rings. The van der Waals surface area contributed by atoms with E-state index < -0.39 is 0 Å². The van der Waals surface area contributed by atoms with E-state index in [2.05, 4.69) is 20.3 Å². The predicted octanol–water partition coefficient (Wildman–Crippen LogP) is 3.86. The predicted molar refractivity (Wildman–Crippen MR) is 90.6 cm³/mol. The number of carbonyl (C=O) groups excluding carboxylic acids is 1. The summed E-state index contributed by atoms with van der Waals surface area (Å²) in [6.45, 7) is 1.83. The lowest BCUT2D eigenvalue weighted by atomic mass is 10.4. The number of halogens is 1. The summed E-state index contributed by atoms with van der Waals surface area (Å²) in [7, 11) is 0. The molecule has 3 aromatic rings. The van der Waals surface area contributed by atoms with Gasteiger partial charge in [-0.1, -0.05) is 23.4 Å².